The molecule has 3 rings (SSSR count). The van der Waals surface area contributed by atoms with Crippen molar-refractivity contribution >= 4 is 23.2 Å². The quantitative estimate of drug-likeness (QED) is 0.859. The average Bonchev–Trinajstić information content (AvgIpc) is 3.15. The van der Waals surface area contributed by atoms with E-state index < -0.39 is 0 Å². The monoisotopic (exact) mass is 307 g/mol. The lowest BCUT2D eigenvalue weighted by Gasteiger charge is -2.36. The molecule has 6 heteroatoms. The first-order valence-electron chi connectivity index (χ1n) is 7.68. The molecule has 3 heterocycles. The predicted octanol–water partition coefficient (Wildman–Crippen LogP) is 2.07. The smallest absolute Gasteiger partial charge is 0.228 e. The lowest BCUT2D eigenvalue weighted by molar-refractivity contribution is -0.139. The zero-order valence-electron chi connectivity index (χ0n) is 12.3. The van der Waals surface area contributed by atoms with Gasteiger partial charge in [-0.15, -0.1) is 11.3 Å². The van der Waals surface area contributed by atoms with Crippen LogP contribution in [0.15, 0.2) is 11.6 Å². The van der Waals surface area contributed by atoms with Gasteiger partial charge in [-0.05, 0) is 26.2 Å². The summed E-state index contributed by atoms with van der Waals surface area (Å²) in [6.07, 6.45) is 5.34. The summed E-state index contributed by atoms with van der Waals surface area (Å²) in [6.45, 7) is 4.03. The molecule has 2 aliphatic heterocycles. The predicted molar refractivity (Wildman–Crippen MR) is 80.8 cm³/mol. The first kappa shape index (κ1) is 14.5. The van der Waals surface area contributed by atoms with Crippen LogP contribution in [0.1, 0.15) is 43.7 Å². The van der Waals surface area contributed by atoms with Gasteiger partial charge in [-0.25, -0.2) is 4.98 Å². The molecular formula is C15H21N3O2S. The molecule has 0 radical (unpaired) electrons. The second-order valence-electron chi connectivity index (χ2n) is 5.75. The van der Waals surface area contributed by atoms with Crippen molar-refractivity contribution < 1.29 is 9.59 Å². The number of amides is 2. The maximum atomic E-state index is 12.8. The van der Waals surface area contributed by atoms with Gasteiger partial charge in [0.15, 0.2) is 0 Å². The number of carbonyl (C=O) groups excluding carboxylic acids is 2. The molecule has 5 nitrogen and oxygen atoms in total. The van der Waals surface area contributed by atoms with E-state index in [1.807, 2.05) is 17.2 Å². The van der Waals surface area contributed by atoms with E-state index in [2.05, 4.69) is 4.98 Å². The Balaban J connectivity index is 1.74. The summed E-state index contributed by atoms with van der Waals surface area (Å²) >= 11 is 1.62. The molecule has 2 fully saturated rings. The van der Waals surface area contributed by atoms with Crippen molar-refractivity contribution in [2.45, 2.75) is 38.6 Å². The Morgan fingerprint density at radius 3 is 3.00 bits per heavy atom. The highest BCUT2D eigenvalue weighted by Crippen LogP contribution is 2.34. The zero-order chi connectivity index (χ0) is 14.8. The van der Waals surface area contributed by atoms with Gasteiger partial charge in [-0.1, -0.05) is 0 Å². The van der Waals surface area contributed by atoms with Crippen LogP contribution in [0.3, 0.4) is 0 Å². The summed E-state index contributed by atoms with van der Waals surface area (Å²) in [4.78, 5) is 32.8. The molecule has 1 aromatic rings. The Kier molecular flexibility index (Phi) is 4.24. The first-order chi connectivity index (χ1) is 10.2. The van der Waals surface area contributed by atoms with Gasteiger partial charge in [0.25, 0.3) is 0 Å². The van der Waals surface area contributed by atoms with Crippen LogP contribution in [-0.4, -0.2) is 46.2 Å². The lowest BCUT2D eigenvalue weighted by Crippen LogP contribution is -2.42. The summed E-state index contributed by atoms with van der Waals surface area (Å²) in [6, 6.07) is 0.108. The fourth-order valence-electron chi connectivity index (χ4n) is 3.33. The van der Waals surface area contributed by atoms with Gasteiger partial charge in [0, 0.05) is 37.6 Å². The van der Waals surface area contributed by atoms with Gasteiger partial charge >= 0.3 is 0 Å². The number of carbonyl (C=O) groups is 2. The van der Waals surface area contributed by atoms with Gasteiger partial charge in [-0.2, -0.15) is 0 Å². The van der Waals surface area contributed by atoms with Crippen molar-refractivity contribution in [3.63, 3.8) is 0 Å². The van der Waals surface area contributed by atoms with Gasteiger partial charge in [-0.3, -0.25) is 9.59 Å². The van der Waals surface area contributed by atoms with Crippen LogP contribution in [0.2, 0.25) is 0 Å². The van der Waals surface area contributed by atoms with Gasteiger partial charge < -0.3 is 9.80 Å². The third kappa shape index (κ3) is 2.81. The number of aromatic nitrogens is 1. The Morgan fingerprint density at radius 1 is 1.48 bits per heavy atom. The van der Waals surface area contributed by atoms with E-state index in [-0.39, 0.29) is 23.8 Å². The molecule has 0 aromatic carbocycles. The minimum Gasteiger partial charge on any atom is -0.342 e. The number of nitrogens with zero attached hydrogens (tertiary/aromatic N) is 3. The van der Waals surface area contributed by atoms with Crippen molar-refractivity contribution in [3.05, 3.63) is 16.6 Å². The van der Waals surface area contributed by atoms with Crippen molar-refractivity contribution in [2.75, 3.05) is 19.6 Å². The van der Waals surface area contributed by atoms with E-state index in [1.54, 1.807) is 22.4 Å². The Bertz CT molecular complexity index is 517. The highest BCUT2D eigenvalue weighted by atomic mass is 32.1. The summed E-state index contributed by atoms with van der Waals surface area (Å²) < 4.78 is 0. The maximum Gasteiger partial charge on any atom is 0.228 e. The molecule has 21 heavy (non-hydrogen) atoms. The number of thiazole rings is 1. The third-order valence-corrected chi connectivity index (χ3v) is 5.34. The lowest BCUT2D eigenvalue weighted by atomic mass is 9.99. The number of hydrogen-bond donors (Lipinski definition) is 0. The molecule has 2 atom stereocenters. The van der Waals surface area contributed by atoms with Crippen LogP contribution in [-0.2, 0) is 9.59 Å². The Labute approximate surface area is 129 Å². The zero-order valence-corrected chi connectivity index (χ0v) is 13.1. The van der Waals surface area contributed by atoms with E-state index in [0.717, 1.165) is 30.8 Å². The summed E-state index contributed by atoms with van der Waals surface area (Å²) in [5, 5.41) is 2.99. The van der Waals surface area contributed by atoms with E-state index in [1.165, 1.54) is 0 Å². The maximum absolute atomic E-state index is 12.8. The minimum atomic E-state index is -0.169. The number of piperidine rings is 1. The van der Waals surface area contributed by atoms with E-state index in [0.29, 0.717) is 19.5 Å². The molecule has 2 saturated heterocycles. The standard InChI is InChI=1S/C15H21N3O2S/c1-2-17-10-11(9-13(17)19)15(20)18-7-4-3-5-12(18)14-16-6-8-21-14/h6,8,11-12H,2-5,7,9-10H2,1H3/t11-,12+/m0/s1. The van der Waals surface area contributed by atoms with Gasteiger partial charge in [0.2, 0.25) is 11.8 Å². The number of likely N-dealkylation sites (tertiary alicyclic amines) is 2. The number of rotatable bonds is 3. The molecule has 0 unspecified atom stereocenters. The van der Waals surface area contributed by atoms with E-state index >= 15 is 0 Å². The van der Waals surface area contributed by atoms with Crippen molar-refractivity contribution in [2.24, 2.45) is 5.92 Å². The Hall–Kier alpha value is -1.43. The van der Waals surface area contributed by atoms with Crippen LogP contribution >= 0.6 is 11.3 Å². The second-order valence-corrected chi connectivity index (χ2v) is 6.67. The van der Waals surface area contributed by atoms with Crippen molar-refractivity contribution in [1.29, 1.82) is 0 Å². The number of hydrogen-bond acceptors (Lipinski definition) is 4. The summed E-state index contributed by atoms with van der Waals surface area (Å²) in [7, 11) is 0. The minimum absolute atomic E-state index is 0.108. The fourth-order valence-corrected chi connectivity index (χ4v) is 4.11. The molecule has 0 bridgehead atoms. The average molecular weight is 307 g/mol. The van der Waals surface area contributed by atoms with Crippen LogP contribution in [0, 0.1) is 5.92 Å². The van der Waals surface area contributed by atoms with Crippen LogP contribution in [0.25, 0.3) is 0 Å². The first-order valence-corrected chi connectivity index (χ1v) is 8.56. The molecule has 0 saturated carbocycles. The normalized spacial score (nSPS) is 26.4. The fraction of sp³-hybridized carbons (Fsp3) is 0.667. The molecular weight excluding hydrogens is 286 g/mol. The SMILES string of the molecule is CCN1C[C@@H](C(=O)N2CCCC[C@@H]2c2nccs2)CC1=O. The molecule has 0 N–H and O–H groups in total. The second kappa shape index (κ2) is 6.13. The highest BCUT2D eigenvalue weighted by Gasteiger charge is 2.39. The van der Waals surface area contributed by atoms with Crippen LogP contribution < -0.4 is 0 Å². The molecule has 0 aliphatic carbocycles. The topological polar surface area (TPSA) is 53.5 Å². The largest absolute Gasteiger partial charge is 0.342 e. The van der Waals surface area contributed by atoms with Crippen LogP contribution in [0.5, 0.6) is 0 Å². The van der Waals surface area contributed by atoms with Gasteiger partial charge in [0.05, 0.1) is 12.0 Å². The van der Waals surface area contributed by atoms with E-state index in [4.69, 9.17) is 0 Å². The van der Waals surface area contributed by atoms with Crippen molar-refractivity contribution in [1.82, 2.24) is 14.8 Å². The van der Waals surface area contributed by atoms with E-state index in [9.17, 15) is 9.59 Å². The third-order valence-electron chi connectivity index (χ3n) is 4.47. The van der Waals surface area contributed by atoms with Gasteiger partial charge in [0.1, 0.15) is 5.01 Å². The molecule has 2 aliphatic rings. The van der Waals surface area contributed by atoms with Crippen LogP contribution in [0.4, 0.5) is 0 Å². The highest BCUT2D eigenvalue weighted by molar-refractivity contribution is 7.09. The Morgan fingerprint density at radius 2 is 2.33 bits per heavy atom. The summed E-state index contributed by atoms with van der Waals surface area (Å²) in [5.74, 6) is 0.0795. The molecule has 0 spiro atoms. The molecule has 2 amide bonds. The molecule has 114 valence electrons. The summed E-state index contributed by atoms with van der Waals surface area (Å²) in [5.41, 5.74) is 0. The van der Waals surface area contributed by atoms with Crippen molar-refractivity contribution in [3.8, 4) is 0 Å². The molecule has 1 aromatic heterocycles.